The fourth-order valence-corrected chi connectivity index (χ4v) is 3.65. The van der Waals surface area contributed by atoms with E-state index in [4.69, 9.17) is 5.11 Å². The number of carboxylic acids is 1. The molecule has 0 radical (unpaired) electrons. The molecular weight excluding hydrogens is 321 g/mol. The van der Waals surface area contributed by atoms with Gasteiger partial charge in [-0.1, -0.05) is 18.2 Å². The second kappa shape index (κ2) is 6.67. The lowest BCUT2D eigenvalue weighted by molar-refractivity contribution is -0.135. The van der Waals surface area contributed by atoms with Crippen LogP contribution in [0.2, 0.25) is 0 Å². The number of hydrogen-bond acceptors (Lipinski definition) is 2. The fourth-order valence-electron chi connectivity index (χ4n) is 3.65. The molecule has 3 rings (SSSR count). The molecule has 1 N–H and O–H groups in total. The Morgan fingerprint density at radius 3 is 2.68 bits per heavy atom. The molecule has 1 aliphatic heterocycles. The van der Waals surface area contributed by atoms with Gasteiger partial charge in [0.05, 0.1) is 18.0 Å². The van der Waals surface area contributed by atoms with Crippen LogP contribution in [0.25, 0.3) is 0 Å². The zero-order chi connectivity index (χ0) is 18.1. The second-order valence-electron chi connectivity index (χ2n) is 6.56. The Hall–Kier alpha value is -2.69. The van der Waals surface area contributed by atoms with E-state index in [1.165, 1.54) is 18.2 Å². The molecule has 4 nitrogen and oxygen atoms in total. The molecule has 0 aromatic heterocycles. The van der Waals surface area contributed by atoms with Crippen LogP contribution in [0.3, 0.4) is 0 Å². The summed E-state index contributed by atoms with van der Waals surface area (Å²) in [6, 6.07) is 11.0. The second-order valence-corrected chi connectivity index (χ2v) is 6.56. The largest absolute Gasteiger partial charge is 0.478 e. The summed E-state index contributed by atoms with van der Waals surface area (Å²) in [4.78, 5) is 25.7. The summed E-state index contributed by atoms with van der Waals surface area (Å²) >= 11 is 0. The average molecular weight is 341 g/mol. The Morgan fingerprint density at radius 2 is 1.96 bits per heavy atom. The van der Waals surface area contributed by atoms with E-state index in [2.05, 4.69) is 0 Å². The van der Waals surface area contributed by atoms with Crippen LogP contribution in [0.5, 0.6) is 0 Å². The number of hydrogen-bond donors (Lipinski definition) is 1. The molecule has 2 atom stereocenters. The first kappa shape index (κ1) is 17.1. The minimum Gasteiger partial charge on any atom is -0.478 e. The van der Waals surface area contributed by atoms with Crippen LogP contribution in [-0.2, 0) is 17.6 Å². The Labute approximate surface area is 145 Å². The summed E-state index contributed by atoms with van der Waals surface area (Å²) in [7, 11) is 0. The molecule has 1 heterocycles. The van der Waals surface area contributed by atoms with Gasteiger partial charge in [-0.2, -0.15) is 0 Å². The number of amides is 1. The quantitative estimate of drug-likeness (QED) is 0.928. The lowest BCUT2D eigenvalue weighted by Gasteiger charge is -2.40. The van der Waals surface area contributed by atoms with Crippen molar-refractivity contribution < 1.29 is 19.1 Å². The number of rotatable bonds is 3. The molecule has 2 aromatic rings. The van der Waals surface area contributed by atoms with Crippen LogP contribution in [0.1, 0.15) is 46.9 Å². The highest BCUT2D eigenvalue weighted by Crippen LogP contribution is 2.33. The molecule has 0 bridgehead atoms. The molecule has 0 spiro atoms. The van der Waals surface area contributed by atoms with Crippen molar-refractivity contribution in [1.29, 1.82) is 0 Å². The van der Waals surface area contributed by atoms with E-state index in [0.717, 1.165) is 11.1 Å². The van der Waals surface area contributed by atoms with E-state index >= 15 is 0 Å². The van der Waals surface area contributed by atoms with Crippen LogP contribution < -0.4 is 0 Å². The first-order valence-electron chi connectivity index (χ1n) is 8.28. The van der Waals surface area contributed by atoms with Crippen molar-refractivity contribution in [3.63, 3.8) is 0 Å². The van der Waals surface area contributed by atoms with E-state index in [1.54, 1.807) is 24.3 Å². The Balaban J connectivity index is 1.83. The van der Waals surface area contributed by atoms with E-state index in [0.29, 0.717) is 12.0 Å². The molecule has 0 aliphatic carbocycles. The third kappa shape index (κ3) is 3.40. The predicted octanol–water partition coefficient (Wildman–Crippen LogP) is 3.60. The van der Waals surface area contributed by atoms with Crippen molar-refractivity contribution in [2.45, 2.75) is 38.8 Å². The topological polar surface area (TPSA) is 57.6 Å². The minimum absolute atomic E-state index is 0.0422. The zero-order valence-electron chi connectivity index (χ0n) is 14.2. The van der Waals surface area contributed by atoms with Crippen molar-refractivity contribution >= 4 is 11.9 Å². The molecular formula is C20H20FNO3. The van der Waals surface area contributed by atoms with E-state index in [9.17, 15) is 14.0 Å². The number of carboxylic acid groups (broad SMARTS) is 1. The summed E-state index contributed by atoms with van der Waals surface area (Å²) in [6.45, 7) is 3.90. The lowest BCUT2D eigenvalue weighted by Crippen LogP contribution is -2.45. The number of aromatic carboxylic acids is 1. The molecule has 1 aliphatic rings. The van der Waals surface area contributed by atoms with Crippen molar-refractivity contribution in [2.75, 3.05) is 0 Å². The van der Waals surface area contributed by atoms with Gasteiger partial charge in [-0.15, -0.1) is 0 Å². The molecule has 130 valence electrons. The van der Waals surface area contributed by atoms with Gasteiger partial charge in [0.1, 0.15) is 5.82 Å². The molecule has 25 heavy (non-hydrogen) atoms. The van der Waals surface area contributed by atoms with E-state index < -0.39 is 5.97 Å². The van der Waals surface area contributed by atoms with Gasteiger partial charge in [-0.3, -0.25) is 4.79 Å². The number of fused-ring (bicyclic) bond motifs is 1. The normalized spacial score (nSPS) is 19.4. The Bertz CT molecular complexity index is 833. The average Bonchev–Trinajstić information content (AvgIpc) is 2.54. The number of nitrogens with zero attached hydrogens (tertiary/aromatic N) is 1. The van der Waals surface area contributed by atoms with Gasteiger partial charge >= 0.3 is 5.97 Å². The summed E-state index contributed by atoms with van der Waals surface area (Å²) < 4.78 is 13.5. The van der Waals surface area contributed by atoms with Gasteiger partial charge in [-0.25, -0.2) is 9.18 Å². The van der Waals surface area contributed by atoms with E-state index in [-0.39, 0.29) is 35.8 Å². The van der Waals surface area contributed by atoms with Crippen LogP contribution >= 0.6 is 0 Å². The Morgan fingerprint density at radius 1 is 1.20 bits per heavy atom. The van der Waals surface area contributed by atoms with Crippen LogP contribution in [0, 0.1) is 5.82 Å². The maximum Gasteiger partial charge on any atom is 0.335 e. The molecule has 2 aromatic carbocycles. The van der Waals surface area contributed by atoms with Gasteiger partial charge in [0.2, 0.25) is 5.91 Å². The van der Waals surface area contributed by atoms with Crippen molar-refractivity contribution in [3.8, 4) is 0 Å². The summed E-state index contributed by atoms with van der Waals surface area (Å²) in [5.41, 5.74) is 2.75. The van der Waals surface area contributed by atoms with Crippen molar-refractivity contribution in [2.24, 2.45) is 0 Å². The summed E-state index contributed by atoms with van der Waals surface area (Å²) in [5.74, 6) is -1.33. The molecule has 1 amide bonds. The number of benzene rings is 2. The van der Waals surface area contributed by atoms with Crippen LogP contribution in [0.4, 0.5) is 4.39 Å². The number of carbonyl (C=O) groups excluding carboxylic acids is 1. The van der Waals surface area contributed by atoms with Crippen LogP contribution in [-0.4, -0.2) is 27.9 Å². The molecule has 2 unspecified atom stereocenters. The monoisotopic (exact) mass is 341 g/mol. The zero-order valence-corrected chi connectivity index (χ0v) is 14.2. The molecule has 0 saturated carbocycles. The lowest BCUT2D eigenvalue weighted by atomic mass is 9.89. The van der Waals surface area contributed by atoms with E-state index in [1.807, 2.05) is 18.7 Å². The van der Waals surface area contributed by atoms with Gasteiger partial charge in [0.25, 0.3) is 0 Å². The van der Waals surface area contributed by atoms with Gasteiger partial charge in [0, 0.05) is 6.04 Å². The highest BCUT2D eigenvalue weighted by atomic mass is 19.1. The molecule has 0 fully saturated rings. The molecule has 5 heteroatoms. The smallest absolute Gasteiger partial charge is 0.335 e. The fraction of sp³-hybridized carbons (Fsp3) is 0.300. The third-order valence-electron chi connectivity index (χ3n) is 4.78. The standard InChI is InChI=1S/C20H20FNO3/c1-12-8-16-11-17(21)6-7-18(16)13(2)22(12)19(23)10-14-4-3-5-15(9-14)20(24)25/h3-7,9,11-13H,8,10H2,1-2H3,(H,24,25). The Kier molecular flexibility index (Phi) is 4.57. The van der Waals surface area contributed by atoms with Gasteiger partial charge in [0.15, 0.2) is 0 Å². The summed E-state index contributed by atoms with van der Waals surface area (Å²) in [6.07, 6.45) is 0.755. The number of halogens is 1. The van der Waals surface area contributed by atoms with Gasteiger partial charge < -0.3 is 10.0 Å². The highest BCUT2D eigenvalue weighted by molar-refractivity contribution is 5.88. The van der Waals surface area contributed by atoms with Crippen LogP contribution in [0.15, 0.2) is 42.5 Å². The maximum atomic E-state index is 13.5. The molecule has 0 saturated heterocycles. The highest BCUT2D eigenvalue weighted by Gasteiger charge is 2.32. The predicted molar refractivity (Wildman–Crippen MR) is 91.9 cm³/mol. The number of carbonyl (C=O) groups is 2. The third-order valence-corrected chi connectivity index (χ3v) is 4.78. The first-order chi connectivity index (χ1) is 11.9. The van der Waals surface area contributed by atoms with Gasteiger partial charge in [-0.05, 0) is 61.2 Å². The van der Waals surface area contributed by atoms with Crippen molar-refractivity contribution in [1.82, 2.24) is 4.90 Å². The maximum absolute atomic E-state index is 13.5. The SMILES string of the molecule is CC1Cc2cc(F)ccc2C(C)N1C(=O)Cc1cccc(C(=O)O)c1. The first-order valence-corrected chi connectivity index (χ1v) is 8.28. The van der Waals surface area contributed by atoms with Crippen molar-refractivity contribution in [3.05, 3.63) is 70.5 Å². The minimum atomic E-state index is -1.01. The summed E-state index contributed by atoms with van der Waals surface area (Å²) in [5, 5.41) is 9.08.